The molecule has 90 valence electrons. The highest BCUT2D eigenvalue weighted by molar-refractivity contribution is 5.36. The van der Waals surface area contributed by atoms with Crippen molar-refractivity contribution in [2.24, 2.45) is 11.5 Å². The smallest absolute Gasteiger partial charge is 0.124 e. The van der Waals surface area contributed by atoms with Gasteiger partial charge in [0.25, 0.3) is 0 Å². The molecule has 16 heavy (non-hydrogen) atoms. The van der Waals surface area contributed by atoms with Crippen molar-refractivity contribution in [3.63, 3.8) is 0 Å². The van der Waals surface area contributed by atoms with Crippen LogP contribution in [0.3, 0.4) is 0 Å². The van der Waals surface area contributed by atoms with Crippen LogP contribution in [-0.2, 0) is 0 Å². The Balaban J connectivity index is 2.86. The van der Waals surface area contributed by atoms with Gasteiger partial charge in [0.1, 0.15) is 5.75 Å². The van der Waals surface area contributed by atoms with E-state index in [1.165, 1.54) is 0 Å². The van der Waals surface area contributed by atoms with Crippen LogP contribution in [0.15, 0.2) is 24.3 Å². The fraction of sp³-hybridized carbons (Fsp3) is 0.538. The van der Waals surface area contributed by atoms with E-state index >= 15 is 0 Å². The third-order valence-electron chi connectivity index (χ3n) is 2.78. The van der Waals surface area contributed by atoms with Crippen LogP contribution in [0.4, 0.5) is 0 Å². The van der Waals surface area contributed by atoms with Crippen molar-refractivity contribution in [3.05, 3.63) is 29.8 Å². The second-order valence-electron chi connectivity index (χ2n) is 3.94. The second-order valence-corrected chi connectivity index (χ2v) is 3.94. The van der Waals surface area contributed by atoms with Crippen LogP contribution in [0.1, 0.15) is 38.3 Å². The molecule has 1 unspecified atom stereocenters. The lowest BCUT2D eigenvalue weighted by atomic mass is 10.1. The monoisotopic (exact) mass is 222 g/mol. The number of hydrogen-bond donors (Lipinski definition) is 2. The van der Waals surface area contributed by atoms with Crippen LogP contribution in [0.25, 0.3) is 0 Å². The minimum atomic E-state index is -0.148. The van der Waals surface area contributed by atoms with Gasteiger partial charge in [0.15, 0.2) is 0 Å². The molecule has 0 saturated heterocycles. The fourth-order valence-electron chi connectivity index (χ4n) is 1.66. The maximum absolute atomic E-state index is 5.95. The highest BCUT2D eigenvalue weighted by Crippen LogP contribution is 2.25. The van der Waals surface area contributed by atoms with Crippen LogP contribution in [0, 0.1) is 0 Å². The first kappa shape index (κ1) is 13.0. The van der Waals surface area contributed by atoms with Gasteiger partial charge < -0.3 is 16.2 Å². The number of para-hydroxylation sites is 1. The van der Waals surface area contributed by atoms with Crippen LogP contribution < -0.4 is 16.2 Å². The lowest BCUT2D eigenvalue weighted by Gasteiger charge is -2.20. The summed E-state index contributed by atoms with van der Waals surface area (Å²) in [5.41, 5.74) is 12.5. The molecule has 3 nitrogen and oxygen atoms in total. The number of ether oxygens (including phenoxy) is 1. The van der Waals surface area contributed by atoms with Crippen molar-refractivity contribution in [3.8, 4) is 5.75 Å². The number of benzene rings is 1. The minimum Gasteiger partial charge on any atom is -0.490 e. The van der Waals surface area contributed by atoms with Gasteiger partial charge in [-0.2, -0.15) is 0 Å². The molecule has 0 aliphatic rings. The highest BCUT2D eigenvalue weighted by Gasteiger charge is 2.12. The molecule has 0 spiro atoms. The maximum Gasteiger partial charge on any atom is 0.124 e. The molecule has 1 aromatic carbocycles. The van der Waals surface area contributed by atoms with Crippen molar-refractivity contribution < 1.29 is 4.74 Å². The molecule has 3 heteroatoms. The van der Waals surface area contributed by atoms with E-state index in [1.807, 2.05) is 24.3 Å². The van der Waals surface area contributed by atoms with Gasteiger partial charge >= 0.3 is 0 Å². The largest absolute Gasteiger partial charge is 0.490 e. The Labute approximate surface area is 97.8 Å². The first-order chi connectivity index (χ1) is 7.72. The molecule has 0 aliphatic heterocycles. The predicted molar refractivity (Wildman–Crippen MR) is 67.4 cm³/mol. The third kappa shape index (κ3) is 3.22. The van der Waals surface area contributed by atoms with Gasteiger partial charge in [0.2, 0.25) is 0 Å². The first-order valence-corrected chi connectivity index (χ1v) is 5.94. The zero-order chi connectivity index (χ0) is 12.0. The van der Waals surface area contributed by atoms with E-state index in [-0.39, 0.29) is 12.1 Å². The van der Waals surface area contributed by atoms with E-state index in [4.69, 9.17) is 16.2 Å². The van der Waals surface area contributed by atoms with Gasteiger partial charge in [-0.05, 0) is 18.9 Å². The Morgan fingerprint density at radius 1 is 1.19 bits per heavy atom. The molecule has 1 atom stereocenters. The van der Waals surface area contributed by atoms with Gasteiger partial charge in [-0.3, -0.25) is 0 Å². The Morgan fingerprint density at radius 2 is 1.81 bits per heavy atom. The van der Waals surface area contributed by atoms with Crippen molar-refractivity contribution >= 4 is 0 Å². The molecule has 4 N–H and O–H groups in total. The standard InChI is InChI=1S/C13H22N2O/c1-3-10(4-2)16-13-8-6-5-7-11(13)12(15)9-14/h5-8,10,12H,3-4,9,14-15H2,1-2H3. The van der Waals surface area contributed by atoms with Gasteiger partial charge in [-0.15, -0.1) is 0 Å². The summed E-state index contributed by atoms with van der Waals surface area (Å²) >= 11 is 0. The van der Waals surface area contributed by atoms with E-state index in [0.717, 1.165) is 24.2 Å². The average molecular weight is 222 g/mol. The molecule has 0 bridgehead atoms. The molecular formula is C13H22N2O. The quantitative estimate of drug-likeness (QED) is 0.775. The number of rotatable bonds is 6. The van der Waals surface area contributed by atoms with E-state index < -0.39 is 0 Å². The fourth-order valence-corrected chi connectivity index (χ4v) is 1.66. The maximum atomic E-state index is 5.95. The Bertz CT molecular complexity index is 311. The molecule has 1 aromatic rings. The summed E-state index contributed by atoms with van der Waals surface area (Å²) in [6, 6.07) is 7.72. The van der Waals surface area contributed by atoms with E-state index in [0.29, 0.717) is 6.54 Å². The average Bonchev–Trinajstić information content (AvgIpc) is 2.35. The van der Waals surface area contributed by atoms with Crippen molar-refractivity contribution in [1.82, 2.24) is 0 Å². The second kappa shape index (κ2) is 6.51. The van der Waals surface area contributed by atoms with Crippen LogP contribution >= 0.6 is 0 Å². The molecule has 0 aromatic heterocycles. The first-order valence-electron chi connectivity index (χ1n) is 5.94. The van der Waals surface area contributed by atoms with Crippen LogP contribution in [0.5, 0.6) is 5.75 Å². The Hall–Kier alpha value is -1.06. The zero-order valence-electron chi connectivity index (χ0n) is 10.1. The Kier molecular flexibility index (Phi) is 5.29. The molecule has 0 saturated carbocycles. The summed E-state index contributed by atoms with van der Waals surface area (Å²) in [7, 11) is 0. The summed E-state index contributed by atoms with van der Waals surface area (Å²) in [4.78, 5) is 0. The molecule has 0 heterocycles. The highest BCUT2D eigenvalue weighted by atomic mass is 16.5. The van der Waals surface area contributed by atoms with E-state index in [9.17, 15) is 0 Å². The van der Waals surface area contributed by atoms with Crippen molar-refractivity contribution in [2.45, 2.75) is 38.8 Å². The molecule has 0 fully saturated rings. The van der Waals surface area contributed by atoms with Gasteiger partial charge in [-0.1, -0.05) is 32.0 Å². The molecule has 0 amide bonds. The lowest BCUT2D eigenvalue weighted by Crippen LogP contribution is -2.23. The van der Waals surface area contributed by atoms with Crippen LogP contribution in [-0.4, -0.2) is 12.6 Å². The summed E-state index contributed by atoms with van der Waals surface area (Å²) in [6.45, 7) is 4.68. The topological polar surface area (TPSA) is 61.3 Å². The number of hydrogen-bond acceptors (Lipinski definition) is 3. The zero-order valence-corrected chi connectivity index (χ0v) is 10.1. The summed E-state index contributed by atoms with van der Waals surface area (Å²) in [5, 5.41) is 0. The summed E-state index contributed by atoms with van der Waals surface area (Å²) in [6.07, 6.45) is 2.26. The lowest BCUT2D eigenvalue weighted by molar-refractivity contribution is 0.190. The normalized spacial score (nSPS) is 12.8. The van der Waals surface area contributed by atoms with E-state index in [1.54, 1.807) is 0 Å². The molecule has 0 radical (unpaired) electrons. The molecular weight excluding hydrogens is 200 g/mol. The summed E-state index contributed by atoms with van der Waals surface area (Å²) < 4.78 is 5.93. The van der Waals surface area contributed by atoms with Crippen molar-refractivity contribution in [2.75, 3.05) is 6.54 Å². The minimum absolute atomic E-state index is 0.148. The third-order valence-corrected chi connectivity index (χ3v) is 2.78. The van der Waals surface area contributed by atoms with Gasteiger partial charge in [-0.25, -0.2) is 0 Å². The summed E-state index contributed by atoms with van der Waals surface area (Å²) in [5.74, 6) is 0.870. The predicted octanol–water partition coefficient (Wildman–Crippen LogP) is 2.21. The molecule has 1 rings (SSSR count). The number of nitrogens with two attached hydrogens (primary N) is 2. The SMILES string of the molecule is CCC(CC)Oc1ccccc1C(N)CN. The van der Waals surface area contributed by atoms with Crippen LogP contribution in [0.2, 0.25) is 0 Å². The molecule has 0 aliphatic carbocycles. The van der Waals surface area contributed by atoms with Gasteiger partial charge in [0, 0.05) is 18.2 Å². The van der Waals surface area contributed by atoms with E-state index in [2.05, 4.69) is 13.8 Å². The van der Waals surface area contributed by atoms with Gasteiger partial charge in [0.05, 0.1) is 6.10 Å². The Morgan fingerprint density at radius 3 is 2.38 bits per heavy atom. The van der Waals surface area contributed by atoms with Crippen molar-refractivity contribution in [1.29, 1.82) is 0 Å².